The van der Waals surface area contributed by atoms with E-state index in [-0.39, 0.29) is 12.1 Å². The predicted molar refractivity (Wildman–Crippen MR) is 98.5 cm³/mol. The Morgan fingerprint density at radius 2 is 1.76 bits per heavy atom. The summed E-state index contributed by atoms with van der Waals surface area (Å²) < 4.78 is 0. The Balaban J connectivity index is 1.64. The SMILES string of the molecule is CN(C)c1ccc([C@H](CNC(=O)C(=O)NC2CC2)N2CCCC2)cc1. The van der Waals surface area contributed by atoms with Crippen molar-refractivity contribution in [2.24, 2.45) is 0 Å². The van der Waals surface area contributed by atoms with Gasteiger partial charge in [0.1, 0.15) is 0 Å². The molecule has 1 saturated heterocycles. The molecule has 2 fully saturated rings. The van der Waals surface area contributed by atoms with E-state index in [2.05, 4.69) is 44.7 Å². The van der Waals surface area contributed by atoms with Gasteiger partial charge in [-0.25, -0.2) is 0 Å². The normalized spacial score (nSPS) is 18.6. The van der Waals surface area contributed by atoms with E-state index in [9.17, 15) is 9.59 Å². The number of rotatable bonds is 6. The van der Waals surface area contributed by atoms with Crippen molar-refractivity contribution in [3.63, 3.8) is 0 Å². The number of nitrogens with one attached hydrogen (secondary N) is 2. The van der Waals surface area contributed by atoms with Gasteiger partial charge < -0.3 is 15.5 Å². The number of carbonyl (C=O) groups is 2. The third-order valence-electron chi connectivity index (χ3n) is 4.95. The van der Waals surface area contributed by atoms with Gasteiger partial charge in [0.2, 0.25) is 0 Å². The van der Waals surface area contributed by atoms with E-state index in [4.69, 9.17) is 0 Å². The molecule has 2 N–H and O–H groups in total. The molecule has 1 heterocycles. The first-order chi connectivity index (χ1) is 12.0. The summed E-state index contributed by atoms with van der Waals surface area (Å²) in [5.41, 5.74) is 2.33. The van der Waals surface area contributed by atoms with E-state index in [1.165, 1.54) is 18.4 Å². The topological polar surface area (TPSA) is 64.7 Å². The van der Waals surface area contributed by atoms with Crippen molar-refractivity contribution < 1.29 is 9.59 Å². The second-order valence-electron chi connectivity index (χ2n) is 7.20. The summed E-state index contributed by atoms with van der Waals surface area (Å²) in [7, 11) is 4.04. The number of hydrogen-bond donors (Lipinski definition) is 2. The fourth-order valence-electron chi connectivity index (χ4n) is 3.25. The van der Waals surface area contributed by atoms with Crippen molar-refractivity contribution in [3.8, 4) is 0 Å². The molecule has 136 valence electrons. The van der Waals surface area contributed by atoms with E-state index in [0.717, 1.165) is 31.6 Å². The predicted octanol–water partition coefficient (Wildman–Crippen LogP) is 1.28. The zero-order chi connectivity index (χ0) is 17.8. The second kappa shape index (κ2) is 7.87. The van der Waals surface area contributed by atoms with E-state index in [0.29, 0.717) is 6.54 Å². The lowest BCUT2D eigenvalue weighted by Gasteiger charge is -2.28. The van der Waals surface area contributed by atoms with Crippen LogP contribution in [-0.2, 0) is 9.59 Å². The van der Waals surface area contributed by atoms with Gasteiger partial charge in [-0.1, -0.05) is 12.1 Å². The molecule has 0 bridgehead atoms. The number of hydrogen-bond acceptors (Lipinski definition) is 4. The van der Waals surface area contributed by atoms with Gasteiger partial charge in [0.15, 0.2) is 0 Å². The van der Waals surface area contributed by atoms with Crippen LogP contribution in [0.5, 0.6) is 0 Å². The number of carbonyl (C=O) groups excluding carboxylic acids is 2. The number of nitrogens with zero attached hydrogens (tertiary/aromatic N) is 2. The van der Waals surface area contributed by atoms with Crippen LogP contribution in [0.25, 0.3) is 0 Å². The van der Waals surface area contributed by atoms with Gasteiger partial charge in [-0.15, -0.1) is 0 Å². The zero-order valence-electron chi connectivity index (χ0n) is 15.1. The highest BCUT2D eigenvalue weighted by atomic mass is 16.2. The molecule has 1 atom stereocenters. The van der Waals surface area contributed by atoms with Gasteiger partial charge in [0.05, 0.1) is 6.04 Å². The summed E-state index contributed by atoms with van der Waals surface area (Å²) in [5, 5.41) is 5.56. The summed E-state index contributed by atoms with van der Waals surface area (Å²) in [6.07, 6.45) is 4.33. The van der Waals surface area contributed by atoms with Crippen molar-refractivity contribution in [3.05, 3.63) is 29.8 Å². The van der Waals surface area contributed by atoms with Gasteiger partial charge in [-0.05, 0) is 56.5 Å². The van der Waals surface area contributed by atoms with Crippen molar-refractivity contribution >= 4 is 17.5 Å². The first kappa shape index (κ1) is 17.7. The molecule has 0 spiro atoms. The molecule has 1 saturated carbocycles. The molecule has 0 aromatic heterocycles. The van der Waals surface area contributed by atoms with Gasteiger partial charge in [-0.3, -0.25) is 14.5 Å². The minimum Gasteiger partial charge on any atom is -0.378 e. The van der Waals surface area contributed by atoms with Crippen LogP contribution in [0.15, 0.2) is 24.3 Å². The van der Waals surface area contributed by atoms with Gasteiger partial charge in [0.25, 0.3) is 0 Å². The molecule has 1 aliphatic heterocycles. The highest BCUT2D eigenvalue weighted by molar-refractivity contribution is 6.35. The largest absolute Gasteiger partial charge is 0.378 e. The molecule has 3 rings (SSSR count). The number of likely N-dealkylation sites (tertiary alicyclic amines) is 1. The van der Waals surface area contributed by atoms with Crippen LogP contribution in [-0.4, -0.2) is 56.5 Å². The Morgan fingerprint density at radius 3 is 2.32 bits per heavy atom. The number of benzene rings is 1. The van der Waals surface area contributed by atoms with Crippen molar-refractivity contribution in [2.45, 2.75) is 37.8 Å². The molecule has 0 radical (unpaired) electrons. The molecule has 6 heteroatoms. The third kappa shape index (κ3) is 4.72. The molecule has 1 aromatic rings. The van der Waals surface area contributed by atoms with Crippen LogP contribution in [0.3, 0.4) is 0 Å². The Morgan fingerprint density at radius 1 is 1.12 bits per heavy atom. The van der Waals surface area contributed by atoms with Crippen molar-refractivity contribution in [1.29, 1.82) is 0 Å². The first-order valence-corrected chi connectivity index (χ1v) is 9.14. The molecule has 25 heavy (non-hydrogen) atoms. The maximum absolute atomic E-state index is 12.1. The average molecular weight is 344 g/mol. The van der Waals surface area contributed by atoms with Crippen LogP contribution in [0.4, 0.5) is 5.69 Å². The molecule has 2 aliphatic rings. The van der Waals surface area contributed by atoms with Crippen LogP contribution >= 0.6 is 0 Å². The summed E-state index contributed by atoms with van der Waals surface area (Å²) in [4.78, 5) is 28.4. The van der Waals surface area contributed by atoms with E-state index in [1.54, 1.807) is 0 Å². The maximum atomic E-state index is 12.1. The van der Waals surface area contributed by atoms with Crippen LogP contribution in [0, 0.1) is 0 Å². The summed E-state index contributed by atoms with van der Waals surface area (Å²) >= 11 is 0. The molecule has 0 unspecified atom stereocenters. The summed E-state index contributed by atoms with van der Waals surface area (Å²) in [6, 6.07) is 8.74. The monoisotopic (exact) mass is 344 g/mol. The summed E-state index contributed by atoms with van der Waals surface area (Å²) in [6.45, 7) is 2.52. The third-order valence-corrected chi connectivity index (χ3v) is 4.95. The van der Waals surface area contributed by atoms with Crippen molar-refractivity contribution in [2.75, 3.05) is 38.6 Å². The van der Waals surface area contributed by atoms with Gasteiger partial charge in [0, 0.05) is 32.4 Å². The lowest BCUT2D eigenvalue weighted by molar-refractivity contribution is -0.139. The zero-order valence-corrected chi connectivity index (χ0v) is 15.1. The smallest absolute Gasteiger partial charge is 0.309 e. The fourth-order valence-corrected chi connectivity index (χ4v) is 3.25. The average Bonchev–Trinajstić information content (AvgIpc) is 3.25. The highest BCUT2D eigenvalue weighted by Crippen LogP contribution is 2.26. The minimum atomic E-state index is -0.527. The molecular weight excluding hydrogens is 316 g/mol. The molecule has 1 aliphatic carbocycles. The quantitative estimate of drug-likeness (QED) is 0.763. The van der Waals surface area contributed by atoms with E-state index >= 15 is 0 Å². The van der Waals surface area contributed by atoms with Crippen LogP contribution in [0.1, 0.15) is 37.3 Å². The Hall–Kier alpha value is -2.08. The Kier molecular flexibility index (Phi) is 5.58. The van der Waals surface area contributed by atoms with Crippen LogP contribution < -0.4 is 15.5 Å². The lowest BCUT2D eigenvalue weighted by Crippen LogP contribution is -2.44. The minimum absolute atomic E-state index is 0.108. The number of amides is 2. The van der Waals surface area contributed by atoms with E-state index in [1.807, 2.05) is 14.1 Å². The van der Waals surface area contributed by atoms with Gasteiger partial charge in [-0.2, -0.15) is 0 Å². The highest BCUT2D eigenvalue weighted by Gasteiger charge is 2.28. The molecule has 2 amide bonds. The second-order valence-corrected chi connectivity index (χ2v) is 7.20. The Bertz CT molecular complexity index is 604. The van der Waals surface area contributed by atoms with E-state index < -0.39 is 11.8 Å². The first-order valence-electron chi connectivity index (χ1n) is 9.14. The molecular formula is C19H28N4O2. The molecule has 6 nitrogen and oxygen atoms in total. The summed E-state index contributed by atoms with van der Waals surface area (Å²) in [5.74, 6) is -1.04. The van der Waals surface area contributed by atoms with Crippen molar-refractivity contribution in [1.82, 2.24) is 15.5 Å². The molecule has 1 aromatic carbocycles. The Labute approximate surface area is 149 Å². The maximum Gasteiger partial charge on any atom is 0.309 e. The standard InChI is InChI=1S/C19H28N4O2/c1-22(2)16-9-5-14(6-10-16)17(23-11-3-4-12-23)13-20-18(24)19(25)21-15-7-8-15/h5-6,9-10,15,17H,3-4,7-8,11-13H2,1-2H3,(H,20,24)(H,21,25)/t17-/m0/s1. The van der Waals surface area contributed by atoms with Gasteiger partial charge >= 0.3 is 11.8 Å². The fraction of sp³-hybridized carbons (Fsp3) is 0.579. The van der Waals surface area contributed by atoms with Crippen LogP contribution in [0.2, 0.25) is 0 Å². The number of anilines is 1. The lowest BCUT2D eigenvalue weighted by atomic mass is 10.0.